The van der Waals surface area contributed by atoms with Crippen molar-refractivity contribution in [2.45, 2.75) is 104 Å². The Hall–Kier alpha value is -2.83. The van der Waals surface area contributed by atoms with E-state index < -0.39 is 23.9 Å². The molecular formula is C29H41NO6. The molecule has 0 spiro atoms. The summed E-state index contributed by atoms with van der Waals surface area (Å²) in [6, 6.07) is 3.16. The molecule has 1 amide bonds. The quantitative estimate of drug-likeness (QED) is 0.179. The lowest BCUT2D eigenvalue weighted by molar-refractivity contribution is -0.141. The molecule has 1 unspecified atom stereocenters. The second-order valence-corrected chi connectivity index (χ2v) is 11.1. The zero-order chi connectivity index (χ0) is 26.6. The molecule has 0 aromatic heterocycles. The minimum atomic E-state index is -1.06. The Bertz CT molecular complexity index is 1020. The number of hydrogen-bond acceptors (Lipinski definition) is 5. The van der Waals surface area contributed by atoms with Crippen molar-refractivity contribution in [1.29, 1.82) is 0 Å². The number of aryl methyl sites for hydroxylation is 1. The lowest BCUT2D eigenvalue weighted by Crippen LogP contribution is -2.47. The van der Waals surface area contributed by atoms with E-state index in [1.54, 1.807) is 0 Å². The fourth-order valence-corrected chi connectivity index (χ4v) is 5.30. The SMILES string of the molecule is CCCCCc1cc(OC(=O)C(NC(=O)CCC(=O)O)C(C)C)c2c(c1)OC(C)(C)[C@@H]1CC(C)=C[C@@H]21. The van der Waals surface area contributed by atoms with Gasteiger partial charge in [0.1, 0.15) is 23.1 Å². The van der Waals surface area contributed by atoms with E-state index in [1.807, 2.05) is 19.9 Å². The smallest absolute Gasteiger partial charge is 0.334 e. The maximum Gasteiger partial charge on any atom is 0.334 e. The Morgan fingerprint density at radius 2 is 1.92 bits per heavy atom. The van der Waals surface area contributed by atoms with Crippen LogP contribution in [0.3, 0.4) is 0 Å². The lowest BCUT2D eigenvalue weighted by Gasteiger charge is -2.42. The van der Waals surface area contributed by atoms with E-state index in [2.05, 4.69) is 45.2 Å². The maximum absolute atomic E-state index is 13.4. The molecule has 1 aromatic rings. The molecule has 2 N–H and O–H groups in total. The third-order valence-electron chi connectivity index (χ3n) is 7.29. The van der Waals surface area contributed by atoms with E-state index in [0.29, 0.717) is 5.75 Å². The van der Waals surface area contributed by atoms with Gasteiger partial charge in [-0.15, -0.1) is 0 Å². The Morgan fingerprint density at radius 1 is 1.19 bits per heavy atom. The highest BCUT2D eigenvalue weighted by molar-refractivity contribution is 5.87. The summed E-state index contributed by atoms with van der Waals surface area (Å²) in [5.74, 6) is -0.751. The Morgan fingerprint density at radius 3 is 2.56 bits per heavy atom. The number of carbonyl (C=O) groups excluding carboxylic acids is 2. The summed E-state index contributed by atoms with van der Waals surface area (Å²) in [4.78, 5) is 36.5. The van der Waals surface area contributed by atoms with E-state index in [4.69, 9.17) is 14.6 Å². The number of benzene rings is 1. The molecule has 3 atom stereocenters. The van der Waals surface area contributed by atoms with Gasteiger partial charge in [0.05, 0.1) is 6.42 Å². The van der Waals surface area contributed by atoms with Crippen molar-refractivity contribution >= 4 is 17.8 Å². The molecule has 0 bridgehead atoms. The van der Waals surface area contributed by atoms with E-state index >= 15 is 0 Å². The highest BCUT2D eigenvalue weighted by atomic mass is 16.5. The van der Waals surface area contributed by atoms with Gasteiger partial charge in [-0.1, -0.05) is 45.3 Å². The van der Waals surface area contributed by atoms with Crippen molar-refractivity contribution in [3.8, 4) is 11.5 Å². The third kappa shape index (κ3) is 6.48. The average Bonchev–Trinajstić information content (AvgIpc) is 3.18. The fraction of sp³-hybridized carbons (Fsp3) is 0.621. The molecule has 3 rings (SSSR count). The molecule has 2 aliphatic rings. The number of aliphatic carboxylic acids is 1. The van der Waals surface area contributed by atoms with Gasteiger partial charge in [0, 0.05) is 23.8 Å². The zero-order valence-corrected chi connectivity index (χ0v) is 22.5. The number of esters is 1. The molecule has 0 radical (unpaired) electrons. The summed E-state index contributed by atoms with van der Waals surface area (Å²) in [7, 11) is 0. The molecule has 7 nitrogen and oxygen atoms in total. The van der Waals surface area contributed by atoms with Gasteiger partial charge in [-0.2, -0.15) is 0 Å². The Balaban J connectivity index is 1.94. The van der Waals surface area contributed by atoms with Crippen molar-refractivity contribution in [3.63, 3.8) is 0 Å². The Labute approximate surface area is 214 Å². The summed E-state index contributed by atoms with van der Waals surface area (Å²) < 4.78 is 12.6. The first-order valence-electron chi connectivity index (χ1n) is 13.2. The molecular weight excluding hydrogens is 458 g/mol. The maximum atomic E-state index is 13.4. The van der Waals surface area contributed by atoms with Gasteiger partial charge in [-0.05, 0) is 63.6 Å². The molecule has 1 aromatic carbocycles. The van der Waals surface area contributed by atoms with Gasteiger partial charge < -0.3 is 19.9 Å². The normalized spacial score (nSPS) is 20.6. The summed E-state index contributed by atoms with van der Waals surface area (Å²) >= 11 is 0. The average molecular weight is 500 g/mol. The number of amides is 1. The molecule has 36 heavy (non-hydrogen) atoms. The monoisotopic (exact) mass is 499 g/mol. The first-order chi connectivity index (χ1) is 16.9. The van der Waals surface area contributed by atoms with E-state index in [9.17, 15) is 14.4 Å². The number of fused-ring (bicyclic) bond motifs is 3. The molecule has 0 saturated carbocycles. The van der Waals surface area contributed by atoms with Crippen LogP contribution in [-0.2, 0) is 20.8 Å². The minimum absolute atomic E-state index is 0.0823. The number of ether oxygens (including phenoxy) is 2. The van der Waals surface area contributed by atoms with Crippen LogP contribution in [0.2, 0.25) is 0 Å². The topological polar surface area (TPSA) is 102 Å². The van der Waals surface area contributed by atoms with Crippen LogP contribution < -0.4 is 14.8 Å². The van der Waals surface area contributed by atoms with E-state index in [-0.39, 0.29) is 36.2 Å². The fourth-order valence-electron chi connectivity index (χ4n) is 5.30. The molecule has 198 valence electrons. The van der Waals surface area contributed by atoms with Crippen LogP contribution in [0.1, 0.15) is 97.1 Å². The molecule has 1 heterocycles. The number of carboxylic acids is 1. The predicted octanol–water partition coefficient (Wildman–Crippen LogP) is 5.55. The van der Waals surface area contributed by atoms with Gasteiger partial charge in [0.15, 0.2) is 0 Å². The van der Waals surface area contributed by atoms with Crippen LogP contribution in [0.5, 0.6) is 11.5 Å². The highest BCUT2D eigenvalue weighted by Gasteiger charge is 2.47. The minimum Gasteiger partial charge on any atom is -0.487 e. The van der Waals surface area contributed by atoms with Gasteiger partial charge in [0.2, 0.25) is 5.91 Å². The van der Waals surface area contributed by atoms with Crippen LogP contribution in [0.25, 0.3) is 0 Å². The summed E-state index contributed by atoms with van der Waals surface area (Å²) in [5.41, 5.74) is 2.89. The van der Waals surface area contributed by atoms with Crippen molar-refractivity contribution in [2.75, 3.05) is 0 Å². The van der Waals surface area contributed by atoms with Gasteiger partial charge in [-0.3, -0.25) is 9.59 Å². The molecule has 0 fully saturated rings. The van der Waals surface area contributed by atoms with E-state index in [1.165, 1.54) is 5.57 Å². The number of carbonyl (C=O) groups is 3. The largest absolute Gasteiger partial charge is 0.487 e. The number of nitrogens with one attached hydrogen (secondary N) is 1. The Kier molecular flexibility index (Phi) is 8.85. The summed E-state index contributed by atoms with van der Waals surface area (Å²) in [5, 5.41) is 11.5. The van der Waals surface area contributed by atoms with Crippen LogP contribution >= 0.6 is 0 Å². The summed E-state index contributed by atoms with van der Waals surface area (Å²) in [6.45, 7) is 12.2. The van der Waals surface area contributed by atoms with Crippen molar-refractivity contribution in [2.24, 2.45) is 11.8 Å². The van der Waals surface area contributed by atoms with Crippen LogP contribution in [-0.4, -0.2) is 34.6 Å². The number of hydrogen-bond donors (Lipinski definition) is 2. The van der Waals surface area contributed by atoms with Crippen molar-refractivity contribution < 1.29 is 29.0 Å². The lowest BCUT2D eigenvalue weighted by atomic mass is 9.75. The molecule has 7 heteroatoms. The zero-order valence-electron chi connectivity index (χ0n) is 22.5. The molecule has 1 aliphatic carbocycles. The second-order valence-electron chi connectivity index (χ2n) is 11.1. The van der Waals surface area contributed by atoms with Crippen molar-refractivity contribution in [3.05, 3.63) is 34.9 Å². The number of unbranched alkanes of at least 4 members (excludes halogenated alkanes) is 2. The van der Waals surface area contributed by atoms with Crippen LogP contribution in [0.15, 0.2) is 23.8 Å². The van der Waals surface area contributed by atoms with Crippen LogP contribution in [0.4, 0.5) is 0 Å². The number of carboxylic acid groups (broad SMARTS) is 1. The van der Waals surface area contributed by atoms with Gasteiger partial charge in [-0.25, -0.2) is 4.79 Å². The second kappa shape index (κ2) is 11.5. The van der Waals surface area contributed by atoms with E-state index in [0.717, 1.165) is 49.0 Å². The molecule has 1 aliphatic heterocycles. The first kappa shape index (κ1) is 27.8. The standard InChI is InChI=1S/C29H41NO6/c1-7-8-9-10-19-15-22(35-28(34)27(17(2)3)30-24(31)11-12-25(32)33)26-20-13-18(4)14-21(20)29(5,6)36-23(26)16-19/h13,15-17,20-21,27H,7-12,14H2,1-6H3,(H,30,31)(H,32,33)/t20-,21-,27?/m1/s1. The van der Waals surface area contributed by atoms with Gasteiger partial charge >= 0.3 is 11.9 Å². The summed E-state index contributed by atoms with van der Waals surface area (Å²) in [6.07, 6.45) is 6.83. The van der Waals surface area contributed by atoms with Crippen molar-refractivity contribution in [1.82, 2.24) is 5.32 Å². The third-order valence-corrected chi connectivity index (χ3v) is 7.29. The first-order valence-corrected chi connectivity index (χ1v) is 13.2. The molecule has 0 saturated heterocycles. The predicted molar refractivity (Wildman–Crippen MR) is 138 cm³/mol. The highest BCUT2D eigenvalue weighted by Crippen LogP contribution is 2.55. The number of rotatable bonds is 11. The number of allylic oxidation sites excluding steroid dienone is 2. The van der Waals surface area contributed by atoms with Crippen LogP contribution in [0, 0.1) is 11.8 Å². The van der Waals surface area contributed by atoms with Gasteiger partial charge in [0.25, 0.3) is 0 Å².